The van der Waals surface area contributed by atoms with E-state index in [0.717, 1.165) is 34.4 Å². The molecule has 0 saturated carbocycles. The third-order valence-corrected chi connectivity index (χ3v) is 13.1. The third kappa shape index (κ3) is 7.59. The number of alkyl halides is 6. The summed E-state index contributed by atoms with van der Waals surface area (Å²) in [6.07, 6.45) is -9.16. The molecule has 0 atom stereocenters. The van der Waals surface area contributed by atoms with Crippen LogP contribution < -0.4 is 0 Å². The van der Waals surface area contributed by atoms with Crippen LogP contribution in [0.25, 0.3) is 111 Å². The molecular weight excluding hydrogens is 919 g/mol. The molecule has 12 rings (SSSR count). The largest absolute Gasteiger partial charge is 0.416 e. The lowest BCUT2D eigenvalue weighted by Crippen LogP contribution is -2.05. The average Bonchev–Trinajstić information content (AvgIpc) is 3.92. The Hall–Kier alpha value is -9.34. The van der Waals surface area contributed by atoms with Gasteiger partial charge in [-0.25, -0.2) is 15.0 Å². The van der Waals surface area contributed by atoms with Gasteiger partial charge in [-0.15, -0.1) is 0 Å². The predicted octanol–water partition coefficient (Wildman–Crippen LogP) is 16.3. The van der Waals surface area contributed by atoms with Crippen molar-refractivity contribution in [2.75, 3.05) is 0 Å². The van der Waals surface area contributed by atoms with Gasteiger partial charge in [-0.1, -0.05) is 121 Å². The second kappa shape index (κ2) is 17.0. The summed E-state index contributed by atoms with van der Waals surface area (Å²) in [6, 6.07) is 62.2. The molecule has 0 aliphatic rings. The molecule has 0 bridgehead atoms. The van der Waals surface area contributed by atoms with Crippen molar-refractivity contribution in [2.24, 2.45) is 0 Å². The van der Waals surface area contributed by atoms with E-state index in [1.54, 1.807) is 30.3 Å². The van der Waals surface area contributed by atoms with Crippen molar-refractivity contribution in [3.8, 4) is 73.9 Å². The van der Waals surface area contributed by atoms with Gasteiger partial charge in [0, 0.05) is 43.8 Å². The summed E-state index contributed by atoms with van der Waals surface area (Å²) >= 11 is 0. The first-order valence-corrected chi connectivity index (χ1v) is 22.8. The highest BCUT2D eigenvalue weighted by Gasteiger charge is 2.33. The number of hydrogen-bond acceptors (Lipinski definition) is 4. The maximum atomic E-state index is 14.3. The van der Waals surface area contributed by atoms with E-state index in [9.17, 15) is 31.6 Å². The highest BCUT2D eigenvalue weighted by Crippen LogP contribution is 2.44. The van der Waals surface area contributed by atoms with Crippen molar-refractivity contribution in [1.29, 1.82) is 5.26 Å². The summed E-state index contributed by atoms with van der Waals surface area (Å²) in [7, 11) is 0. The van der Waals surface area contributed by atoms with Crippen molar-refractivity contribution >= 4 is 43.6 Å². The van der Waals surface area contributed by atoms with Crippen LogP contribution in [0.1, 0.15) is 16.7 Å². The number of fused-ring (bicyclic) bond motifs is 6. The zero-order valence-corrected chi connectivity index (χ0v) is 37.6. The van der Waals surface area contributed by atoms with Crippen LogP contribution in [-0.4, -0.2) is 24.1 Å². The standard InChI is InChI=1S/C60H34F6N6/c61-59(62,63)42-25-29-53-47(33-42)44-15-7-9-17-50(44)71(53)52-27-23-40(37-21-19-36(35-67)20-22-37)31-46(52)41-24-28-55(72-51-18-10-8-16-45(51)48-34-43(60(64,65)66)26-30-54(48)72)49(32-41)58-69-56(38-11-3-1-4-12-38)68-57(70-58)39-13-5-2-6-14-39/h1-34H. The molecule has 0 radical (unpaired) electrons. The van der Waals surface area contributed by atoms with Crippen LogP contribution in [0.15, 0.2) is 206 Å². The predicted molar refractivity (Wildman–Crippen MR) is 270 cm³/mol. The highest BCUT2D eigenvalue weighted by atomic mass is 19.4. The van der Waals surface area contributed by atoms with Crippen LogP contribution >= 0.6 is 0 Å². The van der Waals surface area contributed by atoms with Crippen molar-refractivity contribution in [1.82, 2.24) is 24.1 Å². The zero-order valence-electron chi connectivity index (χ0n) is 37.6. The fraction of sp³-hybridized carbons (Fsp3) is 0.0333. The van der Waals surface area contributed by atoms with E-state index in [4.69, 9.17) is 15.0 Å². The monoisotopic (exact) mass is 952 g/mol. The molecule has 346 valence electrons. The number of aromatic nitrogens is 5. The first-order valence-electron chi connectivity index (χ1n) is 22.8. The molecule has 12 heteroatoms. The van der Waals surface area contributed by atoms with Crippen LogP contribution in [0.5, 0.6) is 0 Å². The summed E-state index contributed by atoms with van der Waals surface area (Å²) in [5.41, 5.74) is 7.48. The fourth-order valence-corrected chi connectivity index (χ4v) is 9.70. The molecular formula is C60H34F6N6. The maximum absolute atomic E-state index is 14.3. The molecule has 3 heterocycles. The first kappa shape index (κ1) is 43.9. The summed E-state index contributed by atoms with van der Waals surface area (Å²) in [4.78, 5) is 15.3. The lowest BCUT2D eigenvalue weighted by molar-refractivity contribution is -0.138. The van der Waals surface area contributed by atoms with Crippen molar-refractivity contribution in [3.63, 3.8) is 0 Å². The van der Waals surface area contributed by atoms with E-state index in [2.05, 4.69) is 6.07 Å². The van der Waals surface area contributed by atoms with Gasteiger partial charge in [0.05, 0.1) is 56.2 Å². The summed E-state index contributed by atoms with van der Waals surface area (Å²) in [6.45, 7) is 0. The molecule has 6 nitrogen and oxygen atoms in total. The Morgan fingerprint density at radius 3 is 1.26 bits per heavy atom. The molecule has 0 amide bonds. The zero-order chi connectivity index (χ0) is 49.3. The number of rotatable bonds is 7. The van der Waals surface area contributed by atoms with E-state index in [1.807, 2.05) is 149 Å². The lowest BCUT2D eigenvalue weighted by Gasteiger charge is -2.19. The molecule has 0 fully saturated rings. The fourth-order valence-electron chi connectivity index (χ4n) is 9.70. The molecule has 0 saturated heterocycles. The molecule has 0 N–H and O–H groups in total. The number of hydrogen-bond donors (Lipinski definition) is 0. The Morgan fingerprint density at radius 2 is 0.764 bits per heavy atom. The van der Waals surface area contributed by atoms with Gasteiger partial charge in [-0.05, 0) is 102 Å². The molecule has 0 unspecified atom stereocenters. The highest BCUT2D eigenvalue weighted by molar-refractivity contribution is 6.11. The van der Waals surface area contributed by atoms with Gasteiger partial charge in [-0.3, -0.25) is 0 Å². The number of nitrogens with zero attached hydrogens (tertiary/aromatic N) is 6. The van der Waals surface area contributed by atoms with Gasteiger partial charge in [0.25, 0.3) is 0 Å². The molecule has 3 aromatic heterocycles. The molecule has 72 heavy (non-hydrogen) atoms. The summed E-state index contributed by atoms with van der Waals surface area (Å²) in [5, 5.41) is 11.7. The van der Waals surface area contributed by atoms with Gasteiger partial charge in [0.1, 0.15) is 0 Å². The number of para-hydroxylation sites is 2. The van der Waals surface area contributed by atoms with E-state index in [1.165, 1.54) is 24.3 Å². The van der Waals surface area contributed by atoms with Crippen LogP contribution in [0.2, 0.25) is 0 Å². The Bertz CT molecular complexity index is 4070. The number of nitriles is 1. The average molecular weight is 953 g/mol. The maximum Gasteiger partial charge on any atom is 0.416 e. The van der Waals surface area contributed by atoms with Crippen molar-refractivity contribution in [3.05, 3.63) is 223 Å². The minimum absolute atomic E-state index is 0.277. The van der Waals surface area contributed by atoms with Crippen LogP contribution in [0.4, 0.5) is 26.3 Å². The van der Waals surface area contributed by atoms with Gasteiger partial charge >= 0.3 is 12.4 Å². The quantitative estimate of drug-likeness (QED) is 0.149. The Kier molecular flexibility index (Phi) is 10.3. The van der Waals surface area contributed by atoms with E-state index in [-0.39, 0.29) is 5.82 Å². The van der Waals surface area contributed by atoms with Gasteiger partial charge < -0.3 is 9.13 Å². The number of benzene rings is 9. The minimum atomic E-state index is -4.59. The van der Waals surface area contributed by atoms with E-state index < -0.39 is 23.5 Å². The molecule has 0 aliphatic heterocycles. The van der Waals surface area contributed by atoms with E-state index in [0.29, 0.717) is 88.9 Å². The summed E-state index contributed by atoms with van der Waals surface area (Å²) < 4.78 is 89.8. The van der Waals surface area contributed by atoms with Crippen LogP contribution in [-0.2, 0) is 12.4 Å². The second-order valence-electron chi connectivity index (χ2n) is 17.4. The molecule has 0 spiro atoms. The third-order valence-electron chi connectivity index (χ3n) is 13.1. The van der Waals surface area contributed by atoms with Crippen LogP contribution in [0.3, 0.4) is 0 Å². The molecule has 9 aromatic carbocycles. The topological polar surface area (TPSA) is 72.3 Å². The van der Waals surface area contributed by atoms with Crippen molar-refractivity contribution < 1.29 is 26.3 Å². The van der Waals surface area contributed by atoms with Gasteiger partial charge in [0.2, 0.25) is 0 Å². The summed E-state index contributed by atoms with van der Waals surface area (Å²) in [5.74, 6) is 1.05. The first-order chi connectivity index (χ1) is 34.9. The van der Waals surface area contributed by atoms with Crippen molar-refractivity contribution in [2.45, 2.75) is 12.4 Å². The number of halogens is 6. The normalized spacial score (nSPS) is 12.0. The van der Waals surface area contributed by atoms with Crippen LogP contribution in [0, 0.1) is 11.3 Å². The smallest absolute Gasteiger partial charge is 0.309 e. The Balaban J connectivity index is 1.18. The van der Waals surface area contributed by atoms with Gasteiger partial charge in [-0.2, -0.15) is 31.6 Å². The van der Waals surface area contributed by atoms with Gasteiger partial charge in [0.15, 0.2) is 17.5 Å². The Morgan fingerprint density at radius 1 is 0.347 bits per heavy atom. The molecule has 0 aliphatic carbocycles. The second-order valence-corrected chi connectivity index (χ2v) is 17.4. The Labute approximate surface area is 407 Å². The minimum Gasteiger partial charge on any atom is -0.309 e. The lowest BCUT2D eigenvalue weighted by atomic mass is 9.94. The van der Waals surface area contributed by atoms with E-state index >= 15 is 0 Å². The molecule has 12 aromatic rings. The SMILES string of the molecule is N#Cc1ccc(-c2ccc(-n3c4ccccc4c4cc(C(F)(F)F)ccc43)c(-c3ccc(-n4c5ccccc5c5cc(C(F)(F)F)ccc54)c(-c4nc(-c5ccccc5)nc(-c5ccccc5)n4)c3)c2)cc1.